The molecule has 19 aromatic rings. The second-order valence-electron chi connectivity index (χ2n) is 26.6. The Hall–Kier alpha value is -16.1. The molecule has 0 unspecified atom stereocenters. The van der Waals surface area contributed by atoms with E-state index in [1.54, 1.807) is 103 Å². The molecule has 14 heterocycles. The summed E-state index contributed by atoms with van der Waals surface area (Å²) in [5, 5.41) is 67.9. The van der Waals surface area contributed by atoms with Gasteiger partial charge in [-0.15, -0.1) is 10.2 Å². The SMILES string of the molecule is CN(C)Cc1nc(-c2cc(F)c3n[nH]c(/C=C/c4cccnc4)c3c2)n[nH]1.COc1c(-c2n[nH]c(C)n2)ccc2[nH]nc(/C=C/c3cccnc3)c12.COc1c(-c2nnc(C)o2)ccc2[nH]nc(/C=C/c3cccnc3)c12.COc1ccc2[nH]nc(-c3cccc(F)c3)c2n1.Cc1nc(-c2cc(F)c3n[nH]c(/C=C/c4cccnc4)c3c2)n[nH]1. The summed E-state index contributed by atoms with van der Waals surface area (Å²) in [6.07, 6.45) is 29.2. The number of pyridine rings is 5. The highest BCUT2D eigenvalue weighted by Gasteiger charge is 2.22. The van der Waals surface area contributed by atoms with Gasteiger partial charge in [0.2, 0.25) is 11.8 Å². The summed E-state index contributed by atoms with van der Waals surface area (Å²) in [5.41, 5.74) is 14.6. The molecule has 34 heteroatoms. The molecule has 0 saturated heterocycles. The molecule has 0 bridgehead atoms. The van der Waals surface area contributed by atoms with E-state index >= 15 is 0 Å². The molecular formula is C85H72F3N27O4. The maximum atomic E-state index is 14.5. The molecule has 119 heavy (non-hydrogen) atoms. The molecule has 0 radical (unpaired) electrons. The topological polar surface area (TPSA) is 402 Å². The number of methoxy groups -OCH3 is 3. The van der Waals surface area contributed by atoms with Crippen molar-refractivity contribution in [2.75, 3.05) is 35.4 Å². The first-order valence-electron chi connectivity index (χ1n) is 36.7. The maximum Gasteiger partial charge on any atom is 0.251 e. The van der Waals surface area contributed by atoms with Crippen LogP contribution in [0.2, 0.25) is 0 Å². The molecule has 5 aromatic carbocycles. The monoisotopic (exact) mass is 1590 g/mol. The number of rotatable bonds is 18. The summed E-state index contributed by atoms with van der Waals surface area (Å²) in [4.78, 5) is 35.7. The van der Waals surface area contributed by atoms with E-state index in [1.807, 2.05) is 166 Å². The molecule has 0 amide bonds. The first-order valence-corrected chi connectivity index (χ1v) is 36.7. The third-order valence-electron chi connectivity index (χ3n) is 18.0. The summed E-state index contributed by atoms with van der Waals surface area (Å²) in [5.74, 6) is 5.27. The van der Waals surface area contributed by atoms with Crippen LogP contribution in [-0.2, 0) is 6.54 Å². The molecule has 0 spiro atoms. The molecule has 31 nitrogen and oxygen atoms in total. The standard InChI is InChI=1S/C19H18FN7.C18H16N6O.C18H15N5O2.C17H13FN6.C13H10FN3O/c1-27(2)11-17-22-19(26-24-17)13-8-14-16(23-25-18(14)15(20)9-13)6-5-12-4-3-7-21-10-12;1-11-20-18(24-21-11)13-6-8-15-16(17(13)25-2)14(22-23-15)7-5-12-4-3-9-19-10-12;1-11-20-23-18(25-11)13-6-8-15-16(17(13)24-2)14(21-22-15)7-5-12-4-3-9-19-10-12;1-10-20-17(24-21-10)12-7-13-15(22-23-16(13)14(18)8-12)5-4-11-3-2-6-19-9-11;1-18-11-6-5-10-13(15-11)12(17-16-10)8-3-2-4-9(14)7-8/h3-10H,11H2,1-2H3,(H,23,25)(H,22,24,26);3-10H,1-2H3,(H,22,23)(H,20,21,24);3-10H,1-2H3,(H,21,22);2-9H,1H3,(H,22,23)(H,20,21,24);2-7H,1H3,(H,16,17)/b6-5+;2*7-5+;5-4+;. The smallest absolute Gasteiger partial charge is 0.251 e. The van der Waals surface area contributed by atoms with Gasteiger partial charge in [-0.2, -0.15) is 40.8 Å². The summed E-state index contributed by atoms with van der Waals surface area (Å²) >= 11 is 0. The van der Waals surface area contributed by atoms with Gasteiger partial charge < -0.3 is 23.5 Å². The van der Waals surface area contributed by atoms with Crippen molar-refractivity contribution in [2.45, 2.75) is 27.3 Å². The fourth-order valence-electron chi connectivity index (χ4n) is 12.5. The molecule has 19 rings (SSSR count). The maximum absolute atomic E-state index is 14.5. The van der Waals surface area contributed by atoms with Crippen LogP contribution in [0.1, 0.15) is 68.4 Å². The van der Waals surface area contributed by atoms with Gasteiger partial charge in [0.1, 0.15) is 57.0 Å². The van der Waals surface area contributed by atoms with Crippen LogP contribution in [0.3, 0.4) is 0 Å². The Morgan fingerprint density at radius 3 is 1.39 bits per heavy atom. The Kier molecular flexibility index (Phi) is 23.6. The molecule has 0 saturated carbocycles. The number of hydrogen-bond acceptors (Lipinski definition) is 23. The highest BCUT2D eigenvalue weighted by molar-refractivity contribution is 6.00. The van der Waals surface area contributed by atoms with Crippen LogP contribution < -0.4 is 14.2 Å². The van der Waals surface area contributed by atoms with Gasteiger partial charge >= 0.3 is 0 Å². The second-order valence-corrected chi connectivity index (χ2v) is 26.6. The molecule has 0 fully saturated rings. The number of hydrogen-bond donors (Lipinski definition) is 8. The van der Waals surface area contributed by atoms with Crippen molar-refractivity contribution in [3.63, 3.8) is 0 Å². The van der Waals surface area contributed by atoms with E-state index in [9.17, 15) is 13.2 Å². The van der Waals surface area contributed by atoms with E-state index in [-0.39, 0.29) is 16.9 Å². The number of fused-ring (bicyclic) bond motifs is 5. The Morgan fingerprint density at radius 2 is 0.908 bits per heavy atom. The zero-order chi connectivity index (χ0) is 82.3. The van der Waals surface area contributed by atoms with Crippen molar-refractivity contribution in [3.8, 4) is 74.3 Å². The van der Waals surface area contributed by atoms with Gasteiger partial charge in [-0.3, -0.25) is 60.7 Å². The zero-order valence-corrected chi connectivity index (χ0v) is 64.9. The van der Waals surface area contributed by atoms with Crippen LogP contribution in [0, 0.1) is 38.2 Å². The largest absolute Gasteiger partial charge is 0.495 e. The van der Waals surface area contributed by atoms with Crippen molar-refractivity contribution >= 4 is 103 Å². The predicted molar refractivity (Wildman–Crippen MR) is 447 cm³/mol. The number of aromatic nitrogens is 26. The Bertz CT molecular complexity index is 6650. The summed E-state index contributed by atoms with van der Waals surface area (Å²) in [6.45, 7) is 6.04. The summed E-state index contributed by atoms with van der Waals surface area (Å²) in [7, 11) is 8.69. The van der Waals surface area contributed by atoms with Crippen molar-refractivity contribution < 1.29 is 31.8 Å². The number of ether oxygens (including phenoxy) is 3. The zero-order valence-electron chi connectivity index (χ0n) is 64.9. The van der Waals surface area contributed by atoms with E-state index in [4.69, 9.17) is 18.6 Å². The number of nitrogens with zero attached hydrogens (tertiary/aromatic N) is 19. The average Bonchev–Trinajstić information content (AvgIpc) is 1.69. The minimum atomic E-state index is -0.418. The average molecular weight is 1590 g/mol. The normalized spacial score (nSPS) is 11.5. The van der Waals surface area contributed by atoms with E-state index in [1.165, 1.54) is 24.3 Å². The predicted octanol–water partition coefficient (Wildman–Crippen LogP) is 16.0. The minimum absolute atomic E-state index is 0.286. The van der Waals surface area contributed by atoms with Crippen LogP contribution in [0.15, 0.2) is 187 Å². The summed E-state index contributed by atoms with van der Waals surface area (Å²) in [6, 6.07) is 39.3. The Morgan fingerprint density at radius 1 is 0.412 bits per heavy atom. The van der Waals surface area contributed by atoms with E-state index < -0.39 is 11.6 Å². The lowest BCUT2D eigenvalue weighted by atomic mass is 10.1. The van der Waals surface area contributed by atoms with Crippen molar-refractivity contribution in [1.29, 1.82) is 0 Å². The van der Waals surface area contributed by atoms with Gasteiger partial charge in [-0.1, -0.05) is 60.7 Å². The van der Waals surface area contributed by atoms with Gasteiger partial charge in [0, 0.05) is 90.0 Å². The van der Waals surface area contributed by atoms with Gasteiger partial charge in [0.05, 0.1) is 89.1 Å². The van der Waals surface area contributed by atoms with Crippen molar-refractivity contribution in [1.82, 2.24) is 137 Å². The highest BCUT2D eigenvalue weighted by atomic mass is 19.1. The van der Waals surface area contributed by atoms with Crippen LogP contribution in [0.4, 0.5) is 13.2 Å². The van der Waals surface area contributed by atoms with Crippen molar-refractivity contribution in [3.05, 3.63) is 269 Å². The van der Waals surface area contributed by atoms with Crippen molar-refractivity contribution in [2.24, 2.45) is 0 Å². The molecule has 0 aliphatic rings. The highest BCUT2D eigenvalue weighted by Crippen LogP contribution is 2.40. The quantitative estimate of drug-likeness (QED) is 0.0395. The second kappa shape index (κ2) is 35.9. The minimum Gasteiger partial charge on any atom is -0.495 e. The number of aromatic amines is 8. The third kappa shape index (κ3) is 18.3. The van der Waals surface area contributed by atoms with E-state index in [2.05, 4.69) is 132 Å². The molecule has 0 aliphatic heterocycles. The summed E-state index contributed by atoms with van der Waals surface area (Å²) < 4.78 is 64.0. The van der Waals surface area contributed by atoms with E-state index in [0.717, 1.165) is 83.7 Å². The molecule has 14 aromatic heterocycles. The Balaban J connectivity index is 0.000000117. The van der Waals surface area contributed by atoms with Gasteiger partial charge in [0.25, 0.3) is 5.89 Å². The fraction of sp³-hybridized carbons (Fsp3) is 0.106. The lowest BCUT2D eigenvalue weighted by molar-refractivity contribution is 0.391. The van der Waals surface area contributed by atoms with Crippen LogP contribution >= 0.6 is 0 Å². The van der Waals surface area contributed by atoms with Crippen LogP contribution in [0.25, 0.3) is 160 Å². The number of halogens is 3. The molecular weight excluding hydrogens is 1520 g/mol. The van der Waals surface area contributed by atoms with Crippen LogP contribution in [-0.4, -0.2) is 172 Å². The molecule has 592 valence electrons. The molecule has 8 N–H and O–H groups in total. The Labute approximate surface area is 674 Å². The lowest BCUT2D eigenvalue weighted by Crippen LogP contribution is -2.11. The fourth-order valence-corrected chi connectivity index (χ4v) is 12.5. The van der Waals surface area contributed by atoms with Gasteiger partial charge in [0.15, 0.2) is 29.1 Å². The molecule has 0 atom stereocenters. The number of aryl methyl sites for hydroxylation is 3. The molecule has 0 aliphatic carbocycles. The first kappa shape index (κ1) is 78.2. The van der Waals surface area contributed by atoms with Gasteiger partial charge in [-0.25, -0.2) is 33.1 Å². The first-order chi connectivity index (χ1) is 58.1. The third-order valence-corrected chi connectivity index (χ3v) is 18.0. The lowest BCUT2D eigenvalue weighted by Gasteiger charge is -2.07. The number of benzene rings is 5. The van der Waals surface area contributed by atoms with E-state index in [0.29, 0.717) is 109 Å². The van der Waals surface area contributed by atoms with Gasteiger partial charge in [-0.05, 0) is 165 Å². The van der Waals surface area contributed by atoms with Crippen LogP contribution in [0.5, 0.6) is 17.4 Å². The number of nitrogens with one attached hydrogen (secondary N) is 8. The number of H-pyrrole nitrogens is 8.